The molecule has 0 bridgehead atoms. The van der Waals surface area contributed by atoms with Crippen LogP contribution in [0.3, 0.4) is 0 Å². The maximum absolute atomic E-state index is 4.28. The molecule has 0 saturated carbocycles. The molecule has 2 rings (SSSR count). The van der Waals surface area contributed by atoms with Crippen LogP contribution in [0.5, 0.6) is 0 Å². The first kappa shape index (κ1) is 16.2. The number of hydrogen-bond donors (Lipinski definition) is 2. The molecule has 2 N–H and O–H groups in total. The minimum absolute atomic E-state index is 0.122. The first-order chi connectivity index (χ1) is 10.5. The highest BCUT2D eigenvalue weighted by molar-refractivity contribution is 5.47. The summed E-state index contributed by atoms with van der Waals surface area (Å²) in [6.45, 7) is 12.9. The molecule has 2 heteroatoms. The molecule has 0 saturated heterocycles. The average molecular weight is 294 g/mol. The summed E-state index contributed by atoms with van der Waals surface area (Å²) in [4.78, 5) is 3.35. The van der Waals surface area contributed by atoms with Crippen molar-refractivity contribution in [1.82, 2.24) is 10.3 Å². The molecule has 0 amide bonds. The van der Waals surface area contributed by atoms with Gasteiger partial charge in [0.1, 0.15) is 0 Å². The summed E-state index contributed by atoms with van der Waals surface area (Å²) in [5, 5.41) is 3.34. The lowest BCUT2D eigenvalue weighted by Crippen LogP contribution is -2.17. The summed E-state index contributed by atoms with van der Waals surface area (Å²) in [5.74, 6) is 0.122. The highest BCUT2D eigenvalue weighted by atomic mass is 14.9. The van der Waals surface area contributed by atoms with E-state index in [1.165, 1.54) is 22.3 Å². The Hall–Kier alpha value is -2.22. The third-order valence-corrected chi connectivity index (χ3v) is 3.93. The number of aromatic amines is 1. The van der Waals surface area contributed by atoms with E-state index in [0.717, 1.165) is 17.8 Å². The van der Waals surface area contributed by atoms with E-state index in [1.54, 1.807) is 0 Å². The Balaban J connectivity index is 2.46. The molecular formula is C20H26N2. The number of rotatable bonds is 6. The van der Waals surface area contributed by atoms with Gasteiger partial charge < -0.3 is 10.3 Å². The van der Waals surface area contributed by atoms with Gasteiger partial charge in [-0.1, -0.05) is 37.3 Å². The van der Waals surface area contributed by atoms with Crippen LogP contribution in [0.4, 0.5) is 0 Å². The molecule has 2 nitrogen and oxygen atoms in total. The first-order valence-corrected chi connectivity index (χ1v) is 7.86. The molecule has 2 aromatic rings. The van der Waals surface area contributed by atoms with Crippen molar-refractivity contribution < 1.29 is 0 Å². The maximum Gasteiger partial charge on any atom is 0.0640 e. The zero-order chi connectivity index (χ0) is 16.1. The second-order valence-electron chi connectivity index (χ2n) is 5.85. The Morgan fingerprint density at radius 1 is 1.27 bits per heavy atom. The number of hydrogen-bond acceptors (Lipinski definition) is 1. The predicted molar refractivity (Wildman–Crippen MR) is 95.0 cm³/mol. The Bertz CT molecular complexity index is 640. The van der Waals surface area contributed by atoms with E-state index in [4.69, 9.17) is 0 Å². The molecule has 0 radical (unpaired) electrons. The van der Waals surface area contributed by atoms with Gasteiger partial charge >= 0.3 is 0 Å². The highest BCUT2D eigenvalue weighted by Gasteiger charge is 2.22. The van der Waals surface area contributed by atoms with Crippen LogP contribution in [0.25, 0.3) is 0 Å². The van der Waals surface area contributed by atoms with Gasteiger partial charge in [-0.05, 0) is 62.2 Å². The van der Waals surface area contributed by atoms with Crippen molar-refractivity contribution in [2.24, 2.45) is 0 Å². The monoisotopic (exact) mass is 294 g/mol. The number of benzene rings is 1. The van der Waals surface area contributed by atoms with Gasteiger partial charge in [0, 0.05) is 17.6 Å². The van der Waals surface area contributed by atoms with Gasteiger partial charge in [-0.25, -0.2) is 0 Å². The van der Waals surface area contributed by atoms with E-state index < -0.39 is 0 Å². The number of allylic oxidation sites excluding steroid dienone is 2. The van der Waals surface area contributed by atoms with Crippen LogP contribution in [-0.4, -0.2) is 4.98 Å². The lowest BCUT2D eigenvalue weighted by molar-refractivity contribution is 0.821. The minimum Gasteiger partial charge on any atom is -0.365 e. The standard InChI is InChI=1S/C20H26N2/c1-6-7-10-21-17(5)20(18-9-8-11-22-18)19-15(3)12-14(2)13-16(19)4/h7-13,20-22H,5-6H2,1-4H3/b10-7-. The Labute approximate surface area is 134 Å². The fourth-order valence-electron chi connectivity index (χ4n) is 3.05. The smallest absolute Gasteiger partial charge is 0.0640 e. The second-order valence-corrected chi connectivity index (χ2v) is 5.85. The van der Waals surface area contributed by atoms with Gasteiger partial charge in [-0.2, -0.15) is 0 Å². The maximum atomic E-state index is 4.28. The van der Waals surface area contributed by atoms with Crippen molar-refractivity contribution in [3.8, 4) is 0 Å². The van der Waals surface area contributed by atoms with E-state index in [0.29, 0.717) is 0 Å². The third kappa shape index (κ3) is 3.51. The molecule has 1 aromatic heterocycles. The number of aromatic nitrogens is 1. The van der Waals surface area contributed by atoms with Crippen LogP contribution in [0, 0.1) is 20.8 Å². The van der Waals surface area contributed by atoms with Gasteiger partial charge in [-0.15, -0.1) is 0 Å². The Morgan fingerprint density at radius 3 is 2.50 bits per heavy atom. The fourth-order valence-corrected chi connectivity index (χ4v) is 3.05. The van der Waals surface area contributed by atoms with E-state index in [2.05, 4.69) is 68.8 Å². The summed E-state index contributed by atoms with van der Waals surface area (Å²) in [5.41, 5.74) is 7.39. The van der Waals surface area contributed by atoms with Gasteiger partial charge in [0.25, 0.3) is 0 Å². The van der Waals surface area contributed by atoms with Crippen LogP contribution >= 0.6 is 0 Å². The number of nitrogens with one attached hydrogen (secondary N) is 2. The molecule has 0 fully saturated rings. The summed E-state index contributed by atoms with van der Waals surface area (Å²) in [7, 11) is 0. The summed E-state index contributed by atoms with van der Waals surface area (Å²) in [6.07, 6.45) is 7.06. The number of aryl methyl sites for hydroxylation is 3. The molecule has 22 heavy (non-hydrogen) atoms. The first-order valence-electron chi connectivity index (χ1n) is 7.86. The topological polar surface area (TPSA) is 27.8 Å². The van der Waals surface area contributed by atoms with Crippen LogP contribution in [0.2, 0.25) is 0 Å². The Morgan fingerprint density at radius 2 is 1.95 bits per heavy atom. The van der Waals surface area contributed by atoms with Crippen molar-refractivity contribution in [3.05, 3.63) is 83.0 Å². The van der Waals surface area contributed by atoms with E-state index >= 15 is 0 Å². The van der Waals surface area contributed by atoms with E-state index in [1.807, 2.05) is 18.5 Å². The zero-order valence-electron chi connectivity index (χ0n) is 14.0. The summed E-state index contributed by atoms with van der Waals surface area (Å²) >= 11 is 0. The summed E-state index contributed by atoms with van der Waals surface area (Å²) < 4.78 is 0. The largest absolute Gasteiger partial charge is 0.365 e. The molecule has 1 atom stereocenters. The number of H-pyrrole nitrogens is 1. The van der Waals surface area contributed by atoms with Gasteiger partial charge in [0.05, 0.1) is 5.92 Å². The fraction of sp³-hybridized carbons (Fsp3) is 0.300. The lowest BCUT2D eigenvalue weighted by atomic mass is 9.85. The van der Waals surface area contributed by atoms with Crippen molar-refractivity contribution in [2.75, 3.05) is 0 Å². The second kappa shape index (κ2) is 7.17. The highest BCUT2D eigenvalue weighted by Crippen LogP contribution is 2.34. The minimum atomic E-state index is 0.122. The molecular weight excluding hydrogens is 268 g/mol. The van der Waals surface area contributed by atoms with E-state index in [9.17, 15) is 0 Å². The molecule has 116 valence electrons. The van der Waals surface area contributed by atoms with Crippen molar-refractivity contribution in [1.29, 1.82) is 0 Å². The van der Waals surface area contributed by atoms with Gasteiger partial charge in [0.2, 0.25) is 0 Å². The molecule has 0 aliphatic heterocycles. The zero-order valence-corrected chi connectivity index (χ0v) is 14.0. The van der Waals surface area contributed by atoms with Crippen LogP contribution in [0.15, 0.2) is 55.0 Å². The predicted octanol–water partition coefficient (Wildman–Crippen LogP) is 5.10. The Kier molecular flexibility index (Phi) is 5.26. The van der Waals surface area contributed by atoms with Crippen LogP contribution in [-0.2, 0) is 0 Å². The molecule has 1 unspecified atom stereocenters. The van der Waals surface area contributed by atoms with Gasteiger partial charge in [0.15, 0.2) is 0 Å². The third-order valence-electron chi connectivity index (χ3n) is 3.93. The lowest BCUT2D eigenvalue weighted by Gasteiger charge is -2.24. The average Bonchev–Trinajstić information content (AvgIpc) is 2.96. The van der Waals surface area contributed by atoms with Crippen molar-refractivity contribution >= 4 is 0 Å². The molecule has 0 aliphatic carbocycles. The normalized spacial score (nSPS) is 12.5. The summed E-state index contributed by atoms with van der Waals surface area (Å²) in [6, 6.07) is 8.65. The SMILES string of the molecule is C=C(N/C=C\CC)C(c1ccc[nH]1)c1c(C)cc(C)cc1C. The van der Waals surface area contributed by atoms with Crippen molar-refractivity contribution in [2.45, 2.75) is 40.0 Å². The molecule has 1 aromatic carbocycles. The van der Waals surface area contributed by atoms with E-state index in [-0.39, 0.29) is 5.92 Å². The quantitative estimate of drug-likeness (QED) is 0.762. The molecule has 0 aliphatic rings. The van der Waals surface area contributed by atoms with Crippen LogP contribution in [0.1, 0.15) is 47.2 Å². The molecule has 0 spiro atoms. The van der Waals surface area contributed by atoms with Crippen molar-refractivity contribution in [3.63, 3.8) is 0 Å². The van der Waals surface area contributed by atoms with Crippen LogP contribution < -0.4 is 5.32 Å². The molecule has 1 heterocycles. The van der Waals surface area contributed by atoms with Gasteiger partial charge in [-0.3, -0.25) is 0 Å².